The fourth-order valence-corrected chi connectivity index (χ4v) is 2.00. The minimum absolute atomic E-state index is 0.0196. The molecule has 0 aliphatic carbocycles. The molecule has 21 heavy (non-hydrogen) atoms. The number of alkyl halides is 2. The molecule has 6 nitrogen and oxygen atoms in total. The van der Waals surface area contributed by atoms with Crippen LogP contribution in [0.1, 0.15) is 18.0 Å². The smallest absolute Gasteiger partial charge is 0.314 e. The lowest BCUT2D eigenvalue weighted by molar-refractivity contribution is 0.116. The third-order valence-electron chi connectivity index (χ3n) is 2.62. The van der Waals surface area contributed by atoms with Gasteiger partial charge in [-0.2, -0.15) is 13.9 Å². The zero-order chi connectivity index (χ0) is 14.8. The Kier molecular flexibility index (Phi) is 3.74. The number of nitrogens with zero attached hydrogens (tertiary/aromatic N) is 5. The van der Waals surface area contributed by atoms with Crippen molar-refractivity contribution < 1.29 is 13.2 Å². The summed E-state index contributed by atoms with van der Waals surface area (Å²) in [6.45, 7) is 0.498. The highest BCUT2D eigenvalue weighted by Gasteiger charge is 2.17. The van der Waals surface area contributed by atoms with Gasteiger partial charge in [-0.1, -0.05) is 0 Å². The second-order valence-corrected chi connectivity index (χ2v) is 5.06. The summed E-state index contributed by atoms with van der Waals surface area (Å²) in [7, 11) is 0. The van der Waals surface area contributed by atoms with Gasteiger partial charge in [0.2, 0.25) is 5.89 Å². The lowest BCUT2D eigenvalue weighted by atomic mass is 10.2. The van der Waals surface area contributed by atoms with Crippen LogP contribution in [0, 0.1) is 0 Å². The molecule has 3 rings (SSSR count). The van der Waals surface area contributed by atoms with Crippen molar-refractivity contribution in [2.45, 2.75) is 13.0 Å². The molecular weight excluding hydrogens is 348 g/mol. The van der Waals surface area contributed by atoms with Crippen LogP contribution in [0.5, 0.6) is 0 Å². The van der Waals surface area contributed by atoms with Crippen LogP contribution in [0.3, 0.4) is 0 Å². The van der Waals surface area contributed by atoms with Crippen LogP contribution < -0.4 is 0 Å². The van der Waals surface area contributed by atoms with E-state index in [1.165, 1.54) is 6.20 Å². The Morgan fingerprint density at radius 2 is 2.10 bits per heavy atom. The Balaban J connectivity index is 1.76. The van der Waals surface area contributed by atoms with Gasteiger partial charge in [-0.25, -0.2) is 0 Å². The quantitative estimate of drug-likeness (QED) is 0.719. The summed E-state index contributed by atoms with van der Waals surface area (Å²) in [4.78, 5) is 4.22. The van der Waals surface area contributed by atoms with Crippen molar-refractivity contribution in [3.05, 3.63) is 46.8 Å². The molecule has 0 fully saturated rings. The monoisotopic (exact) mass is 355 g/mol. The van der Waals surface area contributed by atoms with Crippen LogP contribution in [-0.2, 0) is 6.54 Å². The number of pyridine rings is 1. The van der Waals surface area contributed by atoms with Crippen LogP contribution in [-0.4, -0.2) is 25.0 Å². The highest BCUT2D eigenvalue weighted by molar-refractivity contribution is 9.10. The van der Waals surface area contributed by atoms with E-state index in [0.29, 0.717) is 12.1 Å². The van der Waals surface area contributed by atoms with E-state index in [2.05, 4.69) is 36.2 Å². The first-order valence-corrected chi connectivity index (χ1v) is 6.66. The van der Waals surface area contributed by atoms with E-state index in [-0.39, 0.29) is 5.89 Å². The van der Waals surface area contributed by atoms with Crippen LogP contribution in [0.15, 0.2) is 39.6 Å². The molecule has 0 bridgehead atoms. The number of halogens is 3. The summed E-state index contributed by atoms with van der Waals surface area (Å²) in [6.07, 6.45) is 2.22. The van der Waals surface area contributed by atoms with Crippen molar-refractivity contribution in [1.82, 2.24) is 25.0 Å². The van der Waals surface area contributed by atoms with Gasteiger partial charge in [0.15, 0.2) is 0 Å². The molecule has 0 aromatic carbocycles. The van der Waals surface area contributed by atoms with Gasteiger partial charge in [0.05, 0.1) is 28.5 Å². The van der Waals surface area contributed by atoms with Gasteiger partial charge >= 0.3 is 6.43 Å². The first-order valence-electron chi connectivity index (χ1n) is 5.86. The highest BCUT2D eigenvalue weighted by atomic mass is 79.9. The van der Waals surface area contributed by atoms with Crippen LogP contribution in [0.2, 0.25) is 0 Å². The highest BCUT2D eigenvalue weighted by Crippen LogP contribution is 2.22. The molecule has 0 aliphatic rings. The summed E-state index contributed by atoms with van der Waals surface area (Å²) in [5.41, 5.74) is 1.25. The van der Waals surface area contributed by atoms with E-state index < -0.39 is 12.3 Å². The van der Waals surface area contributed by atoms with Crippen LogP contribution in [0.25, 0.3) is 11.5 Å². The lowest BCUT2D eigenvalue weighted by Crippen LogP contribution is -2.01. The topological polar surface area (TPSA) is 69.6 Å². The lowest BCUT2D eigenvalue weighted by Gasteiger charge is -2.01. The van der Waals surface area contributed by atoms with Gasteiger partial charge in [0, 0.05) is 12.4 Å². The molecular formula is C12H8BrF2N5O. The molecule has 0 radical (unpaired) electrons. The first-order chi connectivity index (χ1) is 10.1. The third-order valence-corrected chi connectivity index (χ3v) is 3.03. The van der Waals surface area contributed by atoms with E-state index in [1.54, 1.807) is 23.0 Å². The van der Waals surface area contributed by atoms with Crippen molar-refractivity contribution >= 4 is 15.9 Å². The van der Waals surface area contributed by atoms with E-state index in [9.17, 15) is 8.78 Å². The van der Waals surface area contributed by atoms with Gasteiger partial charge in [-0.3, -0.25) is 9.67 Å². The molecule has 108 valence electrons. The Morgan fingerprint density at radius 3 is 2.67 bits per heavy atom. The summed E-state index contributed by atoms with van der Waals surface area (Å²) in [5, 5.41) is 11.0. The van der Waals surface area contributed by atoms with Crippen molar-refractivity contribution in [2.75, 3.05) is 0 Å². The van der Waals surface area contributed by atoms with E-state index in [1.807, 2.05) is 6.20 Å². The fourth-order valence-electron chi connectivity index (χ4n) is 1.67. The van der Waals surface area contributed by atoms with Gasteiger partial charge < -0.3 is 4.42 Å². The minimum atomic E-state index is -2.78. The maximum atomic E-state index is 12.4. The van der Waals surface area contributed by atoms with Crippen molar-refractivity contribution in [2.24, 2.45) is 0 Å². The average Bonchev–Trinajstić information content (AvgIpc) is 3.09. The van der Waals surface area contributed by atoms with E-state index in [0.717, 1.165) is 10.2 Å². The Morgan fingerprint density at radius 1 is 1.24 bits per heavy atom. The van der Waals surface area contributed by atoms with Gasteiger partial charge in [-0.15, -0.1) is 10.2 Å². The molecule has 0 N–H and O–H groups in total. The van der Waals surface area contributed by atoms with Crippen molar-refractivity contribution in [3.8, 4) is 11.5 Å². The molecule has 3 aromatic heterocycles. The SMILES string of the molecule is FC(F)c1nnc(-c2ccc(Cn3cc(Br)cn3)nc2)o1. The second kappa shape index (κ2) is 5.68. The number of aromatic nitrogens is 5. The van der Waals surface area contributed by atoms with Gasteiger partial charge in [0.25, 0.3) is 5.89 Å². The molecule has 0 saturated carbocycles. The summed E-state index contributed by atoms with van der Waals surface area (Å²) in [6, 6.07) is 3.43. The molecule has 0 unspecified atom stereocenters. The predicted octanol–water partition coefficient (Wildman–Crippen LogP) is 3.08. The summed E-state index contributed by atoms with van der Waals surface area (Å²) >= 11 is 3.31. The summed E-state index contributed by atoms with van der Waals surface area (Å²) in [5.74, 6) is -0.679. The Hall–Kier alpha value is -2.16. The molecule has 0 saturated heterocycles. The molecule has 0 atom stereocenters. The van der Waals surface area contributed by atoms with Crippen LogP contribution >= 0.6 is 15.9 Å². The number of hydrogen-bond donors (Lipinski definition) is 0. The minimum Gasteiger partial charge on any atom is -0.415 e. The standard InChI is InChI=1S/C12H8BrF2N5O/c13-8-4-17-20(5-8)6-9-2-1-7(3-16-9)11-18-19-12(21-11)10(14)15/h1-5,10H,6H2. The van der Waals surface area contributed by atoms with Crippen molar-refractivity contribution in [1.29, 1.82) is 0 Å². The number of rotatable bonds is 4. The average molecular weight is 356 g/mol. The Labute approximate surface area is 126 Å². The maximum Gasteiger partial charge on any atom is 0.314 e. The zero-order valence-corrected chi connectivity index (χ0v) is 12.0. The Bertz CT molecular complexity index is 740. The molecule has 0 amide bonds. The maximum absolute atomic E-state index is 12.4. The predicted molar refractivity (Wildman–Crippen MR) is 71.5 cm³/mol. The molecule has 0 spiro atoms. The zero-order valence-electron chi connectivity index (χ0n) is 10.4. The van der Waals surface area contributed by atoms with Crippen molar-refractivity contribution in [3.63, 3.8) is 0 Å². The number of hydrogen-bond acceptors (Lipinski definition) is 5. The fraction of sp³-hybridized carbons (Fsp3) is 0.167. The third kappa shape index (κ3) is 3.13. The largest absolute Gasteiger partial charge is 0.415 e. The summed E-state index contributed by atoms with van der Waals surface area (Å²) < 4.78 is 32.2. The van der Waals surface area contributed by atoms with E-state index >= 15 is 0 Å². The molecule has 3 aromatic rings. The molecule has 0 aliphatic heterocycles. The van der Waals surface area contributed by atoms with Gasteiger partial charge in [0.1, 0.15) is 0 Å². The molecule has 9 heteroatoms. The first kappa shape index (κ1) is 13.8. The molecule has 3 heterocycles. The van der Waals surface area contributed by atoms with E-state index in [4.69, 9.17) is 4.42 Å². The van der Waals surface area contributed by atoms with Gasteiger partial charge in [-0.05, 0) is 28.1 Å². The van der Waals surface area contributed by atoms with Crippen LogP contribution in [0.4, 0.5) is 8.78 Å². The second-order valence-electron chi connectivity index (χ2n) is 4.14. The normalized spacial score (nSPS) is 11.2.